The van der Waals surface area contributed by atoms with Crippen molar-refractivity contribution in [2.45, 2.75) is 31.7 Å². The molecule has 0 aliphatic carbocycles. The molecule has 104 valence electrons. The van der Waals surface area contributed by atoms with E-state index in [0.717, 1.165) is 0 Å². The lowest BCUT2D eigenvalue weighted by molar-refractivity contribution is 0.0940. The van der Waals surface area contributed by atoms with Crippen molar-refractivity contribution < 1.29 is 15.0 Å². The van der Waals surface area contributed by atoms with Gasteiger partial charge in [0.05, 0.1) is 17.7 Å². The summed E-state index contributed by atoms with van der Waals surface area (Å²) in [6, 6.07) is 7.32. The predicted molar refractivity (Wildman–Crippen MR) is 70.7 cm³/mol. The smallest absolute Gasteiger partial charge is 0.256 e. The number of carbonyl (C=O) groups excluding carboxylic acids is 1. The van der Waals surface area contributed by atoms with E-state index >= 15 is 0 Å². The average molecular weight is 273 g/mol. The standard InChI is InChI=1S/C14H15N3O3/c15-8-3-1-2-5-10(9-16)17-14(20)11-6-4-7-12(18)13(11)19/h4,6-7,10,18-19H,1-3,5H2,(H,17,20)/t10-/m0/s1. The third-order valence-corrected chi connectivity index (χ3v) is 2.75. The van der Waals surface area contributed by atoms with Crippen LogP contribution in [-0.2, 0) is 0 Å². The second-order valence-corrected chi connectivity index (χ2v) is 4.23. The summed E-state index contributed by atoms with van der Waals surface area (Å²) in [4.78, 5) is 11.9. The number of nitriles is 2. The fourth-order valence-corrected chi connectivity index (χ4v) is 1.67. The highest BCUT2D eigenvalue weighted by Crippen LogP contribution is 2.28. The first-order chi connectivity index (χ1) is 9.60. The first-order valence-electron chi connectivity index (χ1n) is 6.18. The number of phenolic OH excluding ortho intramolecular Hbond substituents is 2. The summed E-state index contributed by atoms with van der Waals surface area (Å²) in [7, 11) is 0. The fraction of sp³-hybridized carbons (Fsp3) is 0.357. The van der Waals surface area contributed by atoms with Crippen molar-refractivity contribution in [3.05, 3.63) is 23.8 Å². The summed E-state index contributed by atoms with van der Waals surface area (Å²) < 4.78 is 0. The van der Waals surface area contributed by atoms with E-state index in [9.17, 15) is 15.0 Å². The van der Waals surface area contributed by atoms with Gasteiger partial charge >= 0.3 is 0 Å². The van der Waals surface area contributed by atoms with Crippen LogP contribution >= 0.6 is 0 Å². The minimum Gasteiger partial charge on any atom is -0.504 e. The molecule has 0 spiro atoms. The average Bonchev–Trinajstić information content (AvgIpc) is 2.45. The summed E-state index contributed by atoms with van der Waals surface area (Å²) in [6.07, 6.45) is 2.17. The molecule has 0 aliphatic heterocycles. The lowest BCUT2D eigenvalue weighted by Crippen LogP contribution is -2.33. The van der Waals surface area contributed by atoms with E-state index in [4.69, 9.17) is 10.5 Å². The molecule has 1 aromatic carbocycles. The Balaban J connectivity index is 2.62. The van der Waals surface area contributed by atoms with E-state index in [0.29, 0.717) is 25.7 Å². The Labute approximate surface area is 116 Å². The minimum atomic E-state index is -0.692. The Morgan fingerprint density at radius 1 is 1.30 bits per heavy atom. The lowest BCUT2D eigenvalue weighted by Gasteiger charge is -2.12. The highest BCUT2D eigenvalue weighted by atomic mass is 16.3. The zero-order chi connectivity index (χ0) is 15.0. The van der Waals surface area contributed by atoms with Gasteiger partial charge in [-0.25, -0.2) is 0 Å². The van der Waals surface area contributed by atoms with Gasteiger partial charge in [-0.3, -0.25) is 4.79 Å². The van der Waals surface area contributed by atoms with Gasteiger partial charge in [0.25, 0.3) is 5.91 Å². The molecule has 1 aromatic rings. The zero-order valence-corrected chi connectivity index (χ0v) is 10.8. The predicted octanol–water partition coefficient (Wildman–Crippen LogP) is 1.80. The maximum Gasteiger partial charge on any atom is 0.256 e. The van der Waals surface area contributed by atoms with Crippen molar-refractivity contribution in [3.8, 4) is 23.6 Å². The third-order valence-electron chi connectivity index (χ3n) is 2.75. The number of benzene rings is 1. The number of unbranched alkanes of at least 4 members (excludes halogenated alkanes) is 2. The third kappa shape index (κ3) is 4.18. The SMILES string of the molecule is N#CCCCC[C@@H](C#N)NC(=O)c1cccc(O)c1O. The highest BCUT2D eigenvalue weighted by Gasteiger charge is 2.17. The number of para-hydroxylation sites is 1. The molecule has 0 saturated heterocycles. The van der Waals surface area contributed by atoms with E-state index in [1.807, 2.05) is 12.1 Å². The quantitative estimate of drug-likeness (QED) is 0.539. The maximum atomic E-state index is 11.9. The number of hydrogen-bond donors (Lipinski definition) is 3. The number of amides is 1. The topological polar surface area (TPSA) is 117 Å². The number of phenols is 2. The van der Waals surface area contributed by atoms with E-state index in [1.54, 1.807) is 0 Å². The molecule has 6 heteroatoms. The molecule has 0 radical (unpaired) electrons. The number of rotatable bonds is 6. The van der Waals surface area contributed by atoms with Crippen molar-refractivity contribution in [1.29, 1.82) is 10.5 Å². The van der Waals surface area contributed by atoms with Crippen LogP contribution in [0.1, 0.15) is 36.0 Å². The molecule has 0 fully saturated rings. The van der Waals surface area contributed by atoms with Crippen LogP contribution in [-0.4, -0.2) is 22.2 Å². The van der Waals surface area contributed by atoms with Gasteiger partial charge < -0.3 is 15.5 Å². The van der Waals surface area contributed by atoms with Crippen molar-refractivity contribution in [1.82, 2.24) is 5.32 Å². The summed E-state index contributed by atoms with van der Waals surface area (Å²) >= 11 is 0. The number of nitrogens with zero attached hydrogens (tertiary/aromatic N) is 2. The van der Waals surface area contributed by atoms with Crippen LogP contribution in [0.4, 0.5) is 0 Å². The van der Waals surface area contributed by atoms with Gasteiger partial charge in [0.15, 0.2) is 11.5 Å². The van der Waals surface area contributed by atoms with Crippen LogP contribution in [0.25, 0.3) is 0 Å². The van der Waals surface area contributed by atoms with E-state index < -0.39 is 17.7 Å². The number of hydrogen-bond acceptors (Lipinski definition) is 5. The van der Waals surface area contributed by atoms with Crippen molar-refractivity contribution in [3.63, 3.8) is 0 Å². The molecule has 0 unspecified atom stereocenters. The Bertz CT molecular complexity index is 558. The largest absolute Gasteiger partial charge is 0.504 e. The Kier molecular flexibility index (Phi) is 5.86. The van der Waals surface area contributed by atoms with Crippen LogP contribution in [0.2, 0.25) is 0 Å². The maximum absolute atomic E-state index is 11.9. The molecule has 1 amide bonds. The van der Waals surface area contributed by atoms with Gasteiger partial charge in [0.2, 0.25) is 0 Å². The Morgan fingerprint density at radius 2 is 2.05 bits per heavy atom. The van der Waals surface area contributed by atoms with Gasteiger partial charge in [0.1, 0.15) is 6.04 Å². The van der Waals surface area contributed by atoms with Crippen LogP contribution in [0.3, 0.4) is 0 Å². The van der Waals surface area contributed by atoms with Gasteiger partial charge in [0, 0.05) is 6.42 Å². The van der Waals surface area contributed by atoms with Crippen molar-refractivity contribution in [2.24, 2.45) is 0 Å². The monoisotopic (exact) mass is 273 g/mol. The summed E-state index contributed by atoms with van der Waals surface area (Å²) in [5.41, 5.74) is -0.0812. The molecular weight excluding hydrogens is 258 g/mol. The van der Waals surface area contributed by atoms with Crippen LogP contribution < -0.4 is 5.32 Å². The molecule has 20 heavy (non-hydrogen) atoms. The zero-order valence-electron chi connectivity index (χ0n) is 10.8. The van der Waals surface area contributed by atoms with E-state index in [2.05, 4.69) is 5.32 Å². The Hall–Kier alpha value is -2.73. The Morgan fingerprint density at radius 3 is 2.70 bits per heavy atom. The van der Waals surface area contributed by atoms with Gasteiger partial charge in [-0.05, 0) is 31.4 Å². The molecule has 0 heterocycles. The fourth-order valence-electron chi connectivity index (χ4n) is 1.67. The first kappa shape index (κ1) is 15.3. The molecule has 3 N–H and O–H groups in total. The lowest BCUT2D eigenvalue weighted by atomic mass is 10.1. The molecular formula is C14H15N3O3. The van der Waals surface area contributed by atoms with E-state index in [1.165, 1.54) is 18.2 Å². The van der Waals surface area contributed by atoms with Crippen molar-refractivity contribution in [2.75, 3.05) is 0 Å². The second-order valence-electron chi connectivity index (χ2n) is 4.23. The molecule has 0 bridgehead atoms. The highest BCUT2D eigenvalue weighted by molar-refractivity contribution is 5.97. The summed E-state index contributed by atoms with van der Waals surface area (Å²) in [5, 5.41) is 38.7. The van der Waals surface area contributed by atoms with E-state index in [-0.39, 0.29) is 11.3 Å². The normalized spacial score (nSPS) is 11.1. The van der Waals surface area contributed by atoms with Crippen LogP contribution in [0.15, 0.2) is 18.2 Å². The number of carbonyl (C=O) groups is 1. The van der Waals surface area contributed by atoms with Crippen molar-refractivity contribution >= 4 is 5.91 Å². The van der Waals surface area contributed by atoms with Gasteiger partial charge in [-0.2, -0.15) is 10.5 Å². The second kappa shape index (κ2) is 7.65. The van der Waals surface area contributed by atoms with Gasteiger partial charge in [-0.15, -0.1) is 0 Å². The molecule has 6 nitrogen and oxygen atoms in total. The summed E-state index contributed by atoms with van der Waals surface area (Å²) in [6.45, 7) is 0. The molecule has 1 atom stereocenters. The molecule has 1 rings (SSSR count). The molecule has 0 aromatic heterocycles. The number of nitrogens with one attached hydrogen (secondary N) is 1. The number of aromatic hydroxyl groups is 2. The molecule has 0 aliphatic rings. The van der Waals surface area contributed by atoms with Gasteiger partial charge in [-0.1, -0.05) is 6.07 Å². The van der Waals surface area contributed by atoms with Crippen LogP contribution in [0, 0.1) is 22.7 Å². The first-order valence-corrected chi connectivity index (χ1v) is 6.18. The summed E-state index contributed by atoms with van der Waals surface area (Å²) in [5.74, 6) is -1.52. The minimum absolute atomic E-state index is 0.0812. The molecule has 0 saturated carbocycles. The van der Waals surface area contributed by atoms with Crippen LogP contribution in [0.5, 0.6) is 11.5 Å².